The zero-order valence-electron chi connectivity index (χ0n) is 13.9. The molecule has 5 nitrogen and oxygen atoms in total. The lowest BCUT2D eigenvalue weighted by molar-refractivity contribution is 0.0796. The summed E-state index contributed by atoms with van der Waals surface area (Å²) >= 11 is 0. The smallest absolute Gasteiger partial charge is 0.161 e. The Kier molecular flexibility index (Phi) is 5.64. The van der Waals surface area contributed by atoms with E-state index in [0.717, 1.165) is 30.9 Å². The van der Waals surface area contributed by atoms with Crippen LogP contribution in [0.4, 0.5) is 0 Å². The fraction of sp³-hybridized carbons (Fsp3) is 0.588. The minimum absolute atomic E-state index is 0.256. The summed E-state index contributed by atoms with van der Waals surface area (Å²) in [5.74, 6) is 1.40. The molecule has 1 aliphatic heterocycles. The monoisotopic (exact) mass is 303 g/mol. The molecule has 0 spiro atoms. The highest BCUT2D eigenvalue weighted by molar-refractivity contribution is 5.45. The SMILES string of the molecule is CCOc1ccc(C(C#N)N2CCN(C)CC2C)cc1OC. The van der Waals surface area contributed by atoms with Crippen LogP contribution in [0.2, 0.25) is 0 Å². The molecule has 0 aliphatic carbocycles. The Labute approximate surface area is 133 Å². The summed E-state index contributed by atoms with van der Waals surface area (Å²) in [6.07, 6.45) is 0. The Hall–Kier alpha value is -1.77. The predicted octanol–water partition coefficient (Wildman–Crippen LogP) is 2.29. The van der Waals surface area contributed by atoms with Gasteiger partial charge in [-0.15, -0.1) is 0 Å². The molecule has 1 aromatic rings. The van der Waals surface area contributed by atoms with E-state index in [0.29, 0.717) is 18.4 Å². The maximum Gasteiger partial charge on any atom is 0.161 e. The van der Waals surface area contributed by atoms with Crippen molar-refractivity contribution in [2.45, 2.75) is 25.9 Å². The van der Waals surface area contributed by atoms with Crippen molar-refractivity contribution in [2.75, 3.05) is 40.4 Å². The van der Waals surface area contributed by atoms with Crippen LogP contribution in [0.3, 0.4) is 0 Å². The second kappa shape index (κ2) is 7.48. The molecule has 1 aromatic carbocycles. The van der Waals surface area contributed by atoms with Gasteiger partial charge in [-0.25, -0.2) is 0 Å². The first kappa shape index (κ1) is 16.6. The third kappa shape index (κ3) is 3.52. The molecule has 0 amide bonds. The molecule has 0 bridgehead atoms. The minimum atomic E-state index is -0.256. The van der Waals surface area contributed by atoms with E-state index in [9.17, 15) is 5.26 Å². The highest BCUT2D eigenvalue weighted by atomic mass is 16.5. The molecule has 5 heteroatoms. The lowest BCUT2D eigenvalue weighted by Crippen LogP contribution is -2.51. The summed E-state index contributed by atoms with van der Waals surface area (Å²) in [7, 11) is 3.75. The van der Waals surface area contributed by atoms with Crippen LogP contribution in [-0.4, -0.2) is 56.2 Å². The Bertz CT molecular complexity index is 541. The lowest BCUT2D eigenvalue weighted by atomic mass is 10.0. The number of hydrogen-bond donors (Lipinski definition) is 0. The molecule has 0 radical (unpaired) electrons. The standard InChI is InChI=1S/C17H25N3O2/c1-5-22-16-7-6-14(10-17(16)21-4)15(11-18)20-9-8-19(3)12-13(20)2/h6-7,10,13,15H,5,8-9,12H2,1-4H3. The molecule has 2 atom stereocenters. The predicted molar refractivity (Wildman–Crippen MR) is 86.2 cm³/mol. The molecule has 22 heavy (non-hydrogen) atoms. The molecular weight excluding hydrogens is 278 g/mol. The fourth-order valence-corrected chi connectivity index (χ4v) is 3.01. The number of rotatable bonds is 5. The van der Waals surface area contributed by atoms with Crippen molar-refractivity contribution in [3.63, 3.8) is 0 Å². The van der Waals surface area contributed by atoms with Gasteiger partial charge < -0.3 is 14.4 Å². The number of likely N-dealkylation sites (N-methyl/N-ethyl adjacent to an activating group) is 1. The molecule has 1 fully saturated rings. The number of nitriles is 1. The maximum atomic E-state index is 9.67. The largest absolute Gasteiger partial charge is 0.493 e. The van der Waals surface area contributed by atoms with Gasteiger partial charge in [-0.3, -0.25) is 4.90 Å². The van der Waals surface area contributed by atoms with E-state index in [1.807, 2.05) is 25.1 Å². The summed E-state index contributed by atoms with van der Waals surface area (Å²) in [6, 6.07) is 8.32. The second-order valence-corrected chi connectivity index (χ2v) is 5.72. The number of hydrogen-bond acceptors (Lipinski definition) is 5. The van der Waals surface area contributed by atoms with E-state index in [1.54, 1.807) is 7.11 Å². The second-order valence-electron chi connectivity index (χ2n) is 5.72. The van der Waals surface area contributed by atoms with Gasteiger partial charge >= 0.3 is 0 Å². The summed E-state index contributed by atoms with van der Waals surface area (Å²) in [5.41, 5.74) is 0.958. The summed E-state index contributed by atoms with van der Waals surface area (Å²) < 4.78 is 11.0. The van der Waals surface area contributed by atoms with Crippen LogP contribution in [0.25, 0.3) is 0 Å². The number of benzene rings is 1. The van der Waals surface area contributed by atoms with E-state index >= 15 is 0 Å². The Morgan fingerprint density at radius 2 is 2.14 bits per heavy atom. The molecule has 120 valence electrons. The zero-order valence-corrected chi connectivity index (χ0v) is 13.9. The average molecular weight is 303 g/mol. The highest BCUT2D eigenvalue weighted by Gasteiger charge is 2.29. The molecule has 2 rings (SSSR count). The van der Waals surface area contributed by atoms with Crippen LogP contribution in [-0.2, 0) is 0 Å². The first-order chi connectivity index (χ1) is 10.6. The number of ether oxygens (including phenoxy) is 2. The lowest BCUT2D eigenvalue weighted by Gasteiger charge is -2.40. The van der Waals surface area contributed by atoms with Crippen LogP contribution in [0, 0.1) is 11.3 Å². The van der Waals surface area contributed by atoms with Crippen molar-refractivity contribution in [1.29, 1.82) is 5.26 Å². The quantitative estimate of drug-likeness (QED) is 0.835. The van der Waals surface area contributed by atoms with Crippen LogP contribution in [0.1, 0.15) is 25.5 Å². The third-order valence-corrected chi connectivity index (χ3v) is 4.14. The van der Waals surface area contributed by atoms with Gasteiger partial charge in [0, 0.05) is 25.7 Å². The van der Waals surface area contributed by atoms with E-state index in [1.165, 1.54) is 0 Å². The highest BCUT2D eigenvalue weighted by Crippen LogP contribution is 2.33. The Morgan fingerprint density at radius 1 is 1.36 bits per heavy atom. The molecule has 2 unspecified atom stereocenters. The topological polar surface area (TPSA) is 48.7 Å². The van der Waals surface area contributed by atoms with Gasteiger partial charge in [0.25, 0.3) is 0 Å². The van der Waals surface area contributed by atoms with E-state index in [2.05, 4.69) is 29.8 Å². The van der Waals surface area contributed by atoms with E-state index < -0.39 is 0 Å². The van der Waals surface area contributed by atoms with Gasteiger partial charge in [0.15, 0.2) is 11.5 Å². The van der Waals surface area contributed by atoms with Crippen molar-refractivity contribution < 1.29 is 9.47 Å². The molecule has 1 saturated heterocycles. The van der Waals surface area contributed by atoms with Crippen LogP contribution >= 0.6 is 0 Å². The average Bonchev–Trinajstić information content (AvgIpc) is 2.51. The van der Waals surface area contributed by atoms with Crippen molar-refractivity contribution in [1.82, 2.24) is 9.80 Å². The van der Waals surface area contributed by atoms with Crippen molar-refractivity contribution in [3.8, 4) is 17.6 Å². The third-order valence-electron chi connectivity index (χ3n) is 4.14. The van der Waals surface area contributed by atoms with Crippen molar-refractivity contribution in [2.24, 2.45) is 0 Å². The minimum Gasteiger partial charge on any atom is -0.493 e. The number of piperazine rings is 1. The Balaban J connectivity index is 2.26. The molecule has 1 heterocycles. The molecule has 0 N–H and O–H groups in total. The maximum absolute atomic E-state index is 9.67. The van der Waals surface area contributed by atoms with Gasteiger partial charge in [-0.05, 0) is 38.6 Å². The van der Waals surface area contributed by atoms with Gasteiger partial charge in [-0.2, -0.15) is 5.26 Å². The van der Waals surface area contributed by atoms with Gasteiger partial charge in [0.05, 0.1) is 19.8 Å². The summed E-state index contributed by atoms with van der Waals surface area (Å²) in [4.78, 5) is 4.56. The fourth-order valence-electron chi connectivity index (χ4n) is 3.01. The normalized spacial score (nSPS) is 21.1. The van der Waals surface area contributed by atoms with Crippen molar-refractivity contribution in [3.05, 3.63) is 23.8 Å². The molecule has 0 saturated carbocycles. The van der Waals surface area contributed by atoms with Crippen LogP contribution < -0.4 is 9.47 Å². The van der Waals surface area contributed by atoms with Crippen LogP contribution in [0.5, 0.6) is 11.5 Å². The molecule has 1 aliphatic rings. The summed E-state index contributed by atoms with van der Waals surface area (Å²) in [5, 5.41) is 9.67. The number of methoxy groups -OCH3 is 1. The zero-order chi connectivity index (χ0) is 16.1. The molecule has 0 aromatic heterocycles. The van der Waals surface area contributed by atoms with Gasteiger partial charge in [0.2, 0.25) is 0 Å². The summed E-state index contributed by atoms with van der Waals surface area (Å²) in [6.45, 7) is 7.56. The molecular formula is C17H25N3O2. The first-order valence-corrected chi connectivity index (χ1v) is 7.75. The van der Waals surface area contributed by atoms with E-state index in [4.69, 9.17) is 9.47 Å². The van der Waals surface area contributed by atoms with Crippen molar-refractivity contribution >= 4 is 0 Å². The van der Waals surface area contributed by atoms with Gasteiger partial charge in [-0.1, -0.05) is 6.07 Å². The van der Waals surface area contributed by atoms with Gasteiger partial charge in [0.1, 0.15) is 6.04 Å². The Morgan fingerprint density at radius 3 is 2.73 bits per heavy atom. The number of nitrogens with zero attached hydrogens (tertiary/aromatic N) is 3. The van der Waals surface area contributed by atoms with E-state index in [-0.39, 0.29) is 6.04 Å². The first-order valence-electron chi connectivity index (χ1n) is 7.75. The van der Waals surface area contributed by atoms with Crippen LogP contribution in [0.15, 0.2) is 18.2 Å².